The van der Waals surface area contributed by atoms with Crippen LogP contribution in [-0.4, -0.2) is 72.8 Å². The van der Waals surface area contributed by atoms with E-state index in [-0.39, 0.29) is 16.8 Å². The van der Waals surface area contributed by atoms with Crippen molar-refractivity contribution >= 4 is 23.4 Å². The zero-order valence-corrected chi connectivity index (χ0v) is 15.8. The Morgan fingerprint density at radius 1 is 1.08 bits per heavy atom. The molecule has 7 heteroatoms. The molecule has 0 bridgehead atoms. The van der Waals surface area contributed by atoms with Crippen molar-refractivity contribution in [3.63, 3.8) is 0 Å². The van der Waals surface area contributed by atoms with Gasteiger partial charge in [-0.05, 0) is 44.0 Å². The van der Waals surface area contributed by atoms with Crippen molar-refractivity contribution in [1.29, 1.82) is 0 Å². The summed E-state index contributed by atoms with van der Waals surface area (Å²) < 4.78 is 13.3. The van der Waals surface area contributed by atoms with Crippen molar-refractivity contribution in [2.75, 3.05) is 46.3 Å². The first-order chi connectivity index (χ1) is 12.4. The number of hydrogen-bond acceptors (Lipinski definition) is 3. The van der Waals surface area contributed by atoms with Gasteiger partial charge in [0.25, 0.3) is 5.91 Å². The number of likely N-dealkylation sites (N-methyl/N-ethyl adjacent to an activating group) is 1. The number of hydrogen-bond donors (Lipinski definition) is 0. The molecule has 26 heavy (non-hydrogen) atoms. The summed E-state index contributed by atoms with van der Waals surface area (Å²) in [4.78, 5) is 30.9. The Morgan fingerprint density at radius 3 is 2.35 bits per heavy atom. The van der Waals surface area contributed by atoms with Crippen LogP contribution in [0.2, 0.25) is 5.02 Å². The molecule has 0 N–H and O–H groups in total. The Balaban J connectivity index is 1.48. The number of rotatable bonds is 3. The highest BCUT2D eigenvalue weighted by molar-refractivity contribution is 6.31. The quantitative estimate of drug-likeness (QED) is 0.808. The van der Waals surface area contributed by atoms with Crippen LogP contribution in [-0.2, 0) is 4.79 Å². The van der Waals surface area contributed by atoms with Gasteiger partial charge in [-0.15, -0.1) is 0 Å². The topological polar surface area (TPSA) is 43.9 Å². The van der Waals surface area contributed by atoms with Gasteiger partial charge in [-0.3, -0.25) is 9.59 Å². The average Bonchev–Trinajstić information content (AvgIpc) is 2.64. The summed E-state index contributed by atoms with van der Waals surface area (Å²) in [5.74, 6) is -0.101. The second kappa shape index (κ2) is 8.35. The first kappa shape index (κ1) is 19.1. The maximum atomic E-state index is 13.3. The molecular formula is C19H25ClFN3O2. The molecule has 0 unspecified atom stereocenters. The van der Waals surface area contributed by atoms with Crippen molar-refractivity contribution in [3.05, 3.63) is 34.6 Å². The number of piperazine rings is 1. The predicted octanol–water partition coefficient (Wildman–Crippen LogP) is 2.50. The minimum atomic E-state index is -0.524. The van der Waals surface area contributed by atoms with Crippen LogP contribution in [0.3, 0.4) is 0 Å². The molecule has 2 aliphatic rings. The second-order valence-electron chi connectivity index (χ2n) is 7.25. The van der Waals surface area contributed by atoms with Crippen molar-refractivity contribution in [2.45, 2.75) is 19.3 Å². The molecule has 142 valence electrons. The Labute approximate surface area is 158 Å². The third kappa shape index (κ3) is 4.54. The van der Waals surface area contributed by atoms with E-state index in [1.54, 1.807) is 4.90 Å². The lowest BCUT2D eigenvalue weighted by atomic mass is 9.92. The molecule has 2 saturated heterocycles. The summed E-state index contributed by atoms with van der Waals surface area (Å²) >= 11 is 5.77. The fourth-order valence-corrected chi connectivity index (χ4v) is 3.76. The minimum Gasteiger partial charge on any atom is -0.340 e. The standard InChI is InChI=1S/C19H25ClFN3O2/c1-22-8-10-23(11-9-22)18(25)12-14-4-6-24(7-5-14)19(26)15-2-3-17(21)16(20)13-15/h2-3,13-14H,4-12H2,1H3. The van der Waals surface area contributed by atoms with Gasteiger partial charge in [0.15, 0.2) is 0 Å². The van der Waals surface area contributed by atoms with E-state index >= 15 is 0 Å². The van der Waals surface area contributed by atoms with Gasteiger partial charge >= 0.3 is 0 Å². The van der Waals surface area contributed by atoms with Crippen LogP contribution in [0.15, 0.2) is 18.2 Å². The number of carbonyl (C=O) groups is 2. The van der Waals surface area contributed by atoms with Gasteiger partial charge in [0.05, 0.1) is 5.02 Å². The first-order valence-corrected chi connectivity index (χ1v) is 9.52. The number of benzene rings is 1. The molecule has 2 fully saturated rings. The second-order valence-corrected chi connectivity index (χ2v) is 7.66. The molecular weight excluding hydrogens is 357 g/mol. The monoisotopic (exact) mass is 381 g/mol. The highest BCUT2D eigenvalue weighted by atomic mass is 35.5. The number of amides is 2. The normalized spacial score (nSPS) is 19.7. The molecule has 1 aromatic carbocycles. The number of halogens is 2. The molecule has 2 heterocycles. The highest BCUT2D eigenvalue weighted by Crippen LogP contribution is 2.24. The van der Waals surface area contributed by atoms with Gasteiger partial charge in [0.2, 0.25) is 5.91 Å². The molecule has 0 saturated carbocycles. The summed E-state index contributed by atoms with van der Waals surface area (Å²) in [5.41, 5.74) is 0.406. The third-order valence-electron chi connectivity index (χ3n) is 5.39. The number of nitrogens with zero attached hydrogens (tertiary/aromatic N) is 3. The Morgan fingerprint density at radius 2 is 1.73 bits per heavy atom. The smallest absolute Gasteiger partial charge is 0.253 e. The molecule has 0 spiro atoms. The lowest BCUT2D eigenvalue weighted by Gasteiger charge is -2.35. The molecule has 1 aromatic rings. The van der Waals surface area contributed by atoms with Gasteiger partial charge in [-0.25, -0.2) is 4.39 Å². The summed E-state index contributed by atoms with van der Waals surface area (Å²) in [6, 6.07) is 4.06. The Bertz CT molecular complexity index is 669. The van der Waals surface area contributed by atoms with Crippen LogP contribution in [0.25, 0.3) is 0 Å². The maximum absolute atomic E-state index is 13.3. The highest BCUT2D eigenvalue weighted by Gasteiger charge is 2.27. The summed E-state index contributed by atoms with van der Waals surface area (Å²) in [5, 5.41) is -0.0384. The van der Waals surface area contributed by atoms with Gasteiger partial charge < -0.3 is 14.7 Å². The molecule has 0 atom stereocenters. The number of carbonyl (C=O) groups excluding carboxylic acids is 2. The van der Waals surface area contributed by atoms with E-state index in [1.165, 1.54) is 18.2 Å². The minimum absolute atomic E-state index is 0.0384. The van der Waals surface area contributed by atoms with E-state index in [0.29, 0.717) is 31.0 Å². The lowest BCUT2D eigenvalue weighted by Crippen LogP contribution is -2.48. The van der Waals surface area contributed by atoms with Crippen LogP contribution in [0, 0.1) is 11.7 Å². The van der Waals surface area contributed by atoms with Gasteiger partial charge in [-0.2, -0.15) is 0 Å². The summed E-state index contributed by atoms with van der Waals surface area (Å²) in [7, 11) is 2.07. The molecule has 2 amide bonds. The van der Waals surface area contributed by atoms with E-state index in [9.17, 15) is 14.0 Å². The molecule has 5 nitrogen and oxygen atoms in total. The van der Waals surface area contributed by atoms with Gasteiger partial charge in [0.1, 0.15) is 5.82 Å². The molecule has 0 aliphatic carbocycles. The SMILES string of the molecule is CN1CCN(C(=O)CC2CCN(C(=O)c3ccc(F)c(Cl)c3)CC2)CC1. The molecule has 0 aromatic heterocycles. The van der Waals surface area contributed by atoms with Crippen LogP contribution in [0.5, 0.6) is 0 Å². The zero-order chi connectivity index (χ0) is 18.7. The molecule has 2 aliphatic heterocycles. The van der Waals surface area contributed by atoms with Gasteiger partial charge in [0, 0.05) is 51.3 Å². The van der Waals surface area contributed by atoms with Crippen LogP contribution in [0.1, 0.15) is 29.6 Å². The molecule has 3 rings (SSSR count). The van der Waals surface area contributed by atoms with Crippen molar-refractivity contribution in [1.82, 2.24) is 14.7 Å². The maximum Gasteiger partial charge on any atom is 0.253 e. The van der Waals surface area contributed by atoms with E-state index in [2.05, 4.69) is 11.9 Å². The fraction of sp³-hybridized carbons (Fsp3) is 0.579. The predicted molar refractivity (Wildman–Crippen MR) is 98.7 cm³/mol. The van der Waals surface area contributed by atoms with E-state index in [1.807, 2.05) is 4.90 Å². The van der Waals surface area contributed by atoms with Crippen molar-refractivity contribution in [3.8, 4) is 0 Å². The molecule has 0 radical (unpaired) electrons. The van der Waals surface area contributed by atoms with E-state index < -0.39 is 5.82 Å². The largest absolute Gasteiger partial charge is 0.340 e. The number of likely N-dealkylation sites (tertiary alicyclic amines) is 1. The van der Waals surface area contributed by atoms with Crippen LogP contribution in [0.4, 0.5) is 4.39 Å². The van der Waals surface area contributed by atoms with Crippen LogP contribution < -0.4 is 0 Å². The Hall–Kier alpha value is -1.66. The van der Waals surface area contributed by atoms with Crippen LogP contribution >= 0.6 is 11.6 Å². The lowest BCUT2D eigenvalue weighted by molar-refractivity contribution is -0.134. The first-order valence-electron chi connectivity index (χ1n) is 9.14. The fourth-order valence-electron chi connectivity index (χ4n) is 3.58. The van der Waals surface area contributed by atoms with E-state index in [4.69, 9.17) is 11.6 Å². The van der Waals surface area contributed by atoms with Crippen molar-refractivity contribution < 1.29 is 14.0 Å². The van der Waals surface area contributed by atoms with E-state index in [0.717, 1.165) is 39.0 Å². The summed E-state index contributed by atoms with van der Waals surface area (Å²) in [6.45, 7) is 4.71. The van der Waals surface area contributed by atoms with Gasteiger partial charge in [-0.1, -0.05) is 11.6 Å². The average molecular weight is 382 g/mol. The summed E-state index contributed by atoms with van der Waals surface area (Å²) in [6.07, 6.45) is 2.20. The Kier molecular flexibility index (Phi) is 6.14. The zero-order valence-electron chi connectivity index (χ0n) is 15.1. The van der Waals surface area contributed by atoms with Crippen molar-refractivity contribution in [2.24, 2.45) is 5.92 Å². The third-order valence-corrected chi connectivity index (χ3v) is 5.68. The number of piperidine rings is 1.